The average molecular weight is 424 g/mol. The van der Waals surface area contributed by atoms with Crippen molar-refractivity contribution in [1.82, 2.24) is 9.97 Å². The molecule has 1 aromatic heterocycles. The molecule has 2 heterocycles. The van der Waals surface area contributed by atoms with E-state index in [1.807, 2.05) is 24.3 Å². The molecule has 0 radical (unpaired) electrons. The maximum atomic E-state index is 13.0. The number of aromatic amines is 1. The van der Waals surface area contributed by atoms with Gasteiger partial charge in [0.15, 0.2) is 5.16 Å². The van der Waals surface area contributed by atoms with Crippen molar-refractivity contribution in [2.24, 2.45) is 0 Å². The predicted molar refractivity (Wildman–Crippen MR) is 116 cm³/mol. The van der Waals surface area contributed by atoms with Gasteiger partial charge in [0.05, 0.1) is 6.42 Å². The molecular formula is C23H22FN3O2S. The van der Waals surface area contributed by atoms with Gasteiger partial charge in [-0.15, -0.1) is 0 Å². The summed E-state index contributed by atoms with van der Waals surface area (Å²) >= 11 is 1.37. The summed E-state index contributed by atoms with van der Waals surface area (Å²) < 4.78 is 13.0. The third-order valence-corrected chi connectivity index (χ3v) is 6.17. The van der Waals surface area contributed by atoms with E-state index >= 15 is 0 Å². The normalized spacial score (nSPS) is 13.2. The van der Waals surface area contributed by atoms with Crippen molar-refractivity contribution in [1.29, 1.82) is 0 Å². The van der Waals surface area contributed by atoms with Gasteiger partial charge in [-0.25, -0.2) is 9.37 Å². The van der Waals surface area contributed by atoms with Gasteiger partial charge in [0.1, 0.15) is 5.82 Å². The highest BCUT2D eigenvalue weighted by Crippen LogP contribution is 2.27. The Kier molecular flexibility index (Phi) is 5.99. The number of nitrogens with zero attached hydrogens (tertiary/aromatic N) is 2. The van der Waals surface area contributed by atoms with Crippen LogP contribution in [0.25, 0.3) is 0 Å². The molecule has 4 rings (SSSR count). The number of anilines is 1. The standard InChI is InChI=1S/C23H22FN3O2S/c1-15-19(13-21(28)27-12-4-6-17-5-2-3-7-20(17)27)22(29)26-23(25-15)30-14-16-8-10-18(24)11-9-16/h2-3,5,7-11H,4,6,12-14H2,1H3,(H,25,26,29). The third-order valence-electron chi connectivity index (χ3n) is 5.23. The number of H-pyrrole nitrogens is 1. The first kappa shape index (κ1) is 20.3. The van der Waals surface area contributed by atoms with Gasteiger partial charge in [-0.2, -0.15) is 0 Å². The second-order valence-electron chi connectivity index (χ2n) is 7.30. The molecule has 1 aliphatic heterocycles. The maximum Gasteiger partial charge on any atom is 0.255 e. The van der Waals surface area contributed by atoms with Gasteiger partial charge < -0.3 is 9.88 Å². The molecule has 0 atom stereocenters. The summed E-state index contributed by atoms with van der Waals surface area (Å²) in [6.45, 7) is 2.41. The SMILES string of the molecule is Cc1nc(SCc2ccc(F)cc2)[nH]c(=O)c1CC(=O)N1CCCc2ccccc21. The van der Waals surface area contributed by atoms with Gasteiger partial charge in [0.2, 0.25) is 5.91 Å². The van der Waals surface area contributed by atoms with Crippen LogP contribution < -0.4 is 10.5 Å². The van der Waals surface area contributed by atoms with E-state index in [9.17, 15) is 14.0 Å². The fourth-order valence-electron chi connectivity index (χ4n) is 3.63. The maximum absolute atomic E-state index is 13.0. The molecular weight excluding hydrogens is 401 g/mol. The number of amides is 1. The van der Waals surface area contributed by atoms with Crippen LogP contribution in [0.3, 0.4) is 0 Å². The van der Waals surface area contributed by atoms with Gasteiger partial charge >= 0.3 is 0 Å². The summed E-state index contributed by atoms with van der Waals surface area (Å²) in [5, 5.41) is 0.487. The van der Waals surface area contributed by atoms with E-state index in [2.05, 4.69) is 9.97 Å². The van der Waals surface area contributed by atoms with Crippen LogP contribution in [0.15, 0.2) is 58.5 Å². The Morgan fingerprint density at radius 2 is 1.97 bits per heavy atom. The number of carbonyl (C=O) groups is 1. The number of hydrogen-bond acceptors (Lipinski definition) is 4. The number of aromatic nitrogens is 2. The van der Waals surface area contributed by atoms with E-state index in [0.717, 1.165) is 29.7 Å². The zero-order valence-electron chi connectivity index (χ0n) is 16.7. The lowest BCUT2D eigenvalue weighted by Crippen LogP contribution is -2.37. The first-order valence-corrected chi connectivity index (χ1v) is 10.8. The number of nitrogens with one attached hydrogen (secondary N) is 1. The van der Waals surface area contributed by atoms with E-state index < -0.39 is 0 Å². The minimum absolute atomic E-state index is 0.0193. The van der Waals surface area contributed by atoms with Crippen LogP contribution in [-0.4, -0.2) is 22.4 Å². The third kappa shape index (κ3) is 4.46. The molecule has 1 amide bonds. The highest BCUT2D eigenvalue weighted by atomic mass is 32.2. The first-order valence-electron chi connectivity index (χ1n) is 9.86. The highest BCUT2D eigenvalue weighted by molar-refractivity contribution is 7.98. The number of thioether (sulfide) groups is 1. The molecule has 1 N–H and O–H groups in total. The molecule has 0 aliphatic carbocycles. The number of carbonyl (C=O) groups excluding carboxylic acids is 1. The van der Waals surface area contributed by atoms with Crippen LogP contribution in [0, 0.1) is 12.7 Å². The van der Waals surface area contributed by atoms with Gasteiger partial charge in [-0.3, -0.25) is 9.59 Å². The van der Waals surface area contributed by atoms with Gasteiger partial charge in [0, 0.05) is 29.2 Å². The molecule has 5 nitrogen and oxygen atoms in total. The monoisotopic (exact) mass is 423 g/mol. The number of hydrogen-bond donors (Lipinski definition) is 1. The van der Waals surface area contributed by atoms with E-state index in [0.29, 0.717) is 28.7 Å². The number of halogens is 1. The van der Waals surface area contributed by atoms with Crippen molar-refractivity contribution < 1.29 is 9.18 Å². The van der Waals surface area contributed by atoms with Crippen molar-refractivity contribution in [2.75, 3.05) is 11.4 Å². The zero-order valence-corrected chi connectivity index (χ0v) is 17.5. The quantitative estimate of drug-likeness (QED) is 0.497. The summed E-state index contributed by atoms with van der Waals surface area (Å²) in [5.74, 6) is 0.187. The molecule has 0 unspecified atom stereocenters. The largest absolute Gasteiger partial charge is 0.312 e. The fourth-order valence-corrected chi connectivity index (χ4v) is 4.50. The van der Waals surface area contributed by atoms with Crippen LogP contribution in [0.2, 0.25) is 0 Å². The van der Waals surface area contributed by atoms with Crippen LogP contribution in [0.1, 0.15) is 28.8 Å². The second-order valence-corrected chi connectivity index (χ2v) is 8.27. The van der Waals surface area contributed by atoms with E-state index in [-0.39, 0.29) is 23.7 Å². The Labute approximate surface area is 178 Å². The van der Waals surface area contributed by atoms with E-state index in [4.69, 9.17) is 0 Å². The number of aryl methyl sites for hydroxylation is 2. The Balaban J connectivity index is 1.48. The van der Waals surface area contributed by atoms with Gasteiger partial charge in [-0.1, -0.05) is 42.1 Å². The van der Waals surface area contributed by atoms with E-state index in [1.54, 1.807) is 24.0 Å². The van der Waals surface area contributed by atoms with Gasteiger partial charge in [0.25, 0.3) is 5.56 Å². The van der Waals surface area contributed by atoms with E-state index in [1.165, 1.54) is 23.9 Å². The Bertz CT molecular complexity index is 1130. The summed E-state index contributed by atoms with van der Waals surface area (Å²) in [7, 11) is 0. The zero-order chi connectivity index (χ0) is 21.1. The fraction of sp³-hybridized carbons (Fsp3) is 0.261. The second kappa shape index (κ2) is 8.83. The summed E-state index contributed by atoms with van der Waals surface area (Å²) in [6, 6.07) is 14.1. The number of benzene rings is 2. The molecule has 30 heavy (non-hydrogen) atoms. The molecule has 2 aromatic carbocycles. The topological polar surface area (TPSA) is 66.1 Å². The lowest BCUT2D eigenvalue weighted by Gasteiger charge is -2.29. The Morgan fingerprint density at radius 3 is 2.73 bits per heavy atom. The first-order chi connectivity index (χ1) is 14.5. The molecule has 1 aliphatic rings. The molecule has 0 fully saturated rings. The molecule has 3 aromatic rings. The van der Waals surface area contributed by atoms with Crippen molar-refractivity contribution in [3.8, 4) is 0 Å². The van der Waals surface area contributed by atoms with Crippen molar-refractivity contribution in [3.05, 3.63) is 87.1 Å². The predicted octanol–water partition coefficient (Wildman–Crippen LogP) is 4.03. The number of fused-ring (bicyclic) bond motifs is 1. The van der Waals surface area contributed by atoms with Crippen LogP contribution in [-0.2, 0) is 23.4 Å². The number of rotatable bonds is 5. The Morgan fingerprint density at radius 1 is 1.20 bits per heavy atom. The summed E-state index contributed by atoms with van der Waals surface area (Å²) in [5.41, 5.74) is 3.69. The van der Waals surface area contributed by atoms with Gasteiger partial charge in [-0.05, 0) is 49.1 Å². The highest BCUT2D eigenvalue weighted by Gasteiger charge is 2.24. The van der Waals surface area contributed by atoms with Crippen molar-refractivity contribution in [3.63, 3.8) is 0 Å². The molecule has 154 valence electrons. The van der Waals surface area contributed by atoms with Crippen LogP contribution in [0.5, 0.6) is 0 Å². The molecule has 7 heteroatoms. The lowest BCUT2D eigenvalue weighted by molar-refractivity contribution is -0.118. The molecule has 0 saturated carbocycles. The van der Waals surface area contributed by atoms with Crippen molar-refractivity contribution >= 4 is 23.4 Å². The summed E-state index contributed by atoms with van der Waals surface area (Å²) in [6.07, 6.45) is 1.89. The molecule has 0 bridgehead atoms. The summed E-state index contributed by atoms with van der Waals surface area (Å²) in [4.78, 5) is 34.6. The Hall–Kier alpha value is -2.93. The minimum atomic E-state index is -0.289. The minimum Gasteiger partial charge on any atom is -0.312 e. The molecule has 0 saturated heterocycles. The van der Waals surface area contributed by atoms with Crippen molar-refractivity contribution in [2.45, 2.75) is 37.1 Å². The number of para-hydroxylation sites is 1. The molecule has 0 spiro atoms. The van der Waals surface area contributed by atoms with Crippen LogP contribution >= 0.6 is 11.8 Å². The average Bonchev–Trinajstić information content (AvgIpc) is 2.75. The smallest absolute Gasteiger partial charge is 0.255 e. The lowest BCUT2D eigenvalue weighted by atomic mass is 10.0. The van der Waals surface area contributed by atoms with Crippen LogP contribution in [0.4, 0.5) is 10.1 Å².